The van der Waals surface area contributed by atoms with Crippen molar-refractivity contribution in [1.29, 1.82) is 0 Å². The minimum Gasteiger partial charge on any atom is -0.291 e. The van der Waals surface area contributed by atoms with Crippen LogP contribution in [0.2, 0.25) is 5.02 Å². The van der Waals surface area contributed by atoms with Gasteiger partial charge in [-0.1, -0.05) is 36.6 Å². The van der Waals surface area contributed by atoms with Crippen molar-refractivity contribution >= 4 is 22.6 Å². The Kier molecular flexibility index (Phi) is 4.48. The fraction of sp³-hybridized carbons (Fsp3) is 0.476. The Hall–Kier alpha value is -2.18. The normalized spacial score (nSPS) is 20.7. The van der Waals surface area contributed by atoms with Crippen LogP contribution >= 0.6 is 11.6 Å². The lowest BCUT2D eigenvalue weighted by Crippen LogP contribution is -2.42. The number of rotatable bonds is 3. The molecule has 1 aromatic carbocycles. The Balaban J connectivity index is 1.51. The van der Waals surface area contributed by atoms with Gasteiger partial charge in [0.2, 0.25) is 0 Å². The lowest BCUT2D eigenvalue weighted by atomic mass is 10.1. The van der Waals surface area contributed by atoms with E-state index in [1.165, 1.54) is 18.4 Å². The number of aromatic nitrogens is 4. The summed E-state index contributed by atoms with van der Waals surface area (Å²) in [4.78, 5) is 20.4. The van der Waals surface area contributed by atoms with Crippen LogP contribution in [0, 0.1) is 0 Å². The molecule has 3 aromatic rings. The van der Waals surface area contributed by atoms with Crippen LogP contribution in [0.3, 0.4) is 0 Å². The zero-order chi connectivity index (χ0) is 19.3. The molecule has 28 heavy (non-hydrogen) atoms. The molecule has 1 unspecified atom stereocenters. The number of benzene rings is 1. The predicted octanol–water partition coefficient (Wildman–Crippen LogP) is 3.94. The quantitative estimate of drug-likeness (QED) is 0.671. The molecule has 1 saturated carbocycles. The van der Waals surface area contributed by atoms with E-state index in [1.807, 2.05) is 21.4 Å². The molecule has 0 bridgehead atoms. The zero-order valence-electron chi connectivity index (χ0n) is 16.0. The van der Waals surface area contributed by atoms with Crippen molar-refractivity contribution in [2.75, 3.05) is 6.54 Å². The van der Waals surface area contributed by atoms with Crippen LogP contribution in [0.1, 0.15) is 56.1 Å². The molecule has 3 heterocycles. The van der Waals surface area contributed by atoms with Gasteiger partial charge in [-0.25, -0.2) is 9.67 Å². The molecule has 5 rings (SSSR count). The summed E-state index contributed by atoms with van der Waals surface area (Å²) in [6, 6.07) is 8.41. The van der Waals surface area contributed by atoms with E-state index in [1.54, 1.807) is 6.20 Å². The molecule has 6 nitrogen and oxygen atoms in total. The van der Waals surface area contributed by atoms with E-state index in [-0.39, 0.29) is 11.6 Å². The summed E-state index contributed by atoms with van der Waals surface area (Å²) >= 11 is 6.01. The number of hydrogen-bond acceptors (Lipinski definition) is 4. The van der Waals surface area contributed by atoms with Gasteiger partial charge >= 0.3 is 0 Å². The van der Waals surface area contributed by atoms with E-state index in [0.29, 0.717) is 18.0 Å². The van der Waals surface area contributed by atoms with Crippen LogP contribution < -0.4 is 5.56 Å². The minimum atomic E-state index is 0.0443. The van der Waals surface area contributed by atoms with E-state index in [2.05, 4.69) is 29.1 Å². The summed E-state index contributed by atoms with van der Waals surface area (Å²) < 4.78 is 3.86. The van der Waals surface area contributed by atoms with Gasteiger partial charge in [-0.3, -0.25) is 14.3 Å². The van der Waals surface area contributed by atoms with Gasteiger partial charge in [0.15, 0.2) is 5.65 Å². The summed E-state index contributed by atoms with van der Waals surface area (Å²) in [7, 11) is 0. The molecular weight excluding hydrogens is 374 g/mol. The molecule has 1 fully saturated rings. The van der Waals surface area contributed by atoms with Crippen LogP contribution in [-0.4, -0.2) is 30.8 Å². The van der Waals surface area contributed by atoms with Crippen LogP contribution in [0.15, 0.2) is 35.3 Å². The van der Waals surface area contributed by atoms with E-state index in [9.17, 15) is 4.79 Å². The maximum atomic E-state index is 13.2. The SMILES string of the molecule is CC1CN(Cc2ccc(Cl)cc2)Cc2nc3c(cnn3C3CCCC3)c(=O)n21. The third kappa shape index (κ3) is 3.05. The van der Waals surface area contributed by atoms with Gasteiger partial charge in [-0.15, -0.1) is 0 Å². The predicted molar refractivity (Wildman–Crippen MR) is 110 cm³/mol. The summed E-state index contributed by atoms with van der Waals surface area (Å²) in [6.45, 7) is 4.39. The van der Waals surface area contributed by atoms with Crippen LogP contribution in [0.4, 0.5) is 0 Å². The maximum absolute atomic E-state index is 13.2. The van der Waals surface area contributed by atoms with Gasteiger partial charge in [0.1, 0.15) is 11.2 Å². The smallest absolute Gasteiger partial charge is 0.264 e. The average molecular weight is 398 g/mol. The maximum Gasteiger partial charge on any atom is 0.264 e. The van der Waals surface area contributed by atoms with E-state index in [0.717, 1.165) is 42.4 Å². The van der Waals surface area contributed by atoms with Crippen molar-refractivity contribution in [2.24, 2.45) is 0 Å². The van der Waals surface area contributed by atoms with Crippen molar-refractivity contribution in [3.8, 4) is 0 Å². The third-order valence-electron chi connectivity index (χ3n) is 6.05. The molecule has 2 aliphatic rings. The third-order valence-corrected chi connectivity index (χ3v) is 6.30. The van der Waals surface area contributed by atoms with Gasteiger partial charge < -0.3 is 0 Å². The van der Waals surface area contributed by atoms with Gasteiger partial charge in [0, 0.05) is 24.2 Å². The number of fused-ring (bicyclic) bond motifs is 2. The largest absolute Gasteiger partial charge is 0.291 e. The Bertz CT molecular complexity index is 1060. The molecule has 0 saturated heterocycles. The first-order valence-corrected chi connectivity index (χ1v) is 10.4. The van der Waals surface area contributed by atoms with Gasteiger partial charge in [0.25, 0.3) is 5.56 Å². The second kappa shape index (κ2) is 7.01. The molecule has 0 amide bonds. The molecule has 1 aliphatic heterocycles. The average Bonchev–Trinajstić information content (AvgIpc) is 3.33. The molecule has 146 valence electrons. The van der Waals surface area contributed by atoms with Crippen LogP contribution in [-0.2, 0) is 13.1 Å². The second-order valence-corrected chi connectivity index (χ2v) is 8.55. The lowest BCUT2D eigenvalue weighted by Gasteiger charge is -2.33. The Morgan fingerprint density at radius 3 is 2.68 bits per heavy atom. The van der Waals surface area contributed by atoms with Crippen molar-refractivity contribution in [2.45, 2.75) is 57.8 Å². The molecule has 2 aromatic heterocycles. The van der Waals surface area contributed by atoms with Crippen molar-refractivity contribution < 1.29 is 0 Å². The lowest BCUT2D eigenvalue weighted by molar-refractivity contribution is 0.176. The van der Waals surface area contributed by atoms with Crippen molar-refractivity contribution in [3.05, 3.63) is 57.2 Å². The number of nitrogens with zero attached hydrogens (tertiary/aromatic N) is 5. The van der Waals surface area contributed by atoms with Crippen LogP contribution in [0.5, 0.6) is 0 Å². The first kappa shape index (κ1) is 17.9. The highest BCUT2D eigenvalue weighted by Crippen LogP contribution is 2.31. The van der Waals surface area contributed by atoms with Gasteiger partial charge in [-0.05, 0) is 37.5 Å². The monoisotopic (exact) mass is 397 g/mol. The molecule has 0 N–H and O–H groups in total. The minimum absolute atomic E-state index is 0.0443. The van der Waals surface area contributed by atoms with E-state index >= 15 is 0 Å². The first-order valence-electron chi connectivity index (χ1n) is 10.1. The Morgan fingerprint density at radius 1 is 1.18 bits per heavy atom. The summed E-state index contributed by atoms with van der Waals surface area (Å²) in [5, 5.41) is 5.94. The van der Waals surface area contributed by atoms with Crippen molar-refractivity contribution in [1.82, 2.24) is 24.2 Å². The van der Waals surface area contributed by atoms with Crippen LogP contribution in [0.25, 0.3) is 11.0 Å². The van der Waals surface area contributed by atoms with Gasteiger partial charge in [-0.2, -0.15) is 5.10 Å². The molecule has 0 radical (unpaired) electrons. The Morgan fingerprint density at radius 2 is 1.93 bits per heavy atom. The van der Waals surface area contributed by atoms with E-state index in [4.69, 9.17) is 16.6 Å². The second-order valence-electron chi connectivity index (χ2n) is 8.11. The van der Waals surface area contributed by atoms with Gasteiger partial charge in [0.05, 0.1) is 18.8 Å². The van der Waals surface area contributed by atoms with E-state index < -0.39 is 0 Å². The fourth-order valence-electron chi connectivity index (χ4n) is 4.71. The molecule has 7 heteroatoms. The molecule has 1 atom stereocenters. The molecule has 0 spiro atoms. The highest BCUT2D eigenvalue weighted by atomic mass is 35.5. The summed E-state index contributed by atoms with van der Waals surface area (Å²) in [6.07, 6.45) is 6.40. The Labute approximate surface area is 168 Å². The first-order chi connectivity index (χ1) is 13.6. The standard InChI is InChI=1S/C21H24ClN5O/c1-14-11-25(12-15-6-8-16(22)9-7-15)13-19-24-20-18(21(28)26(14)19)10-23-27(20)17-4-2-3-5-17/h6-10,14,17H,2-5,11-13H2,1H3. The number of halogens is 1. The molecular formula is C21H24ClN5O. The summed E-state index contributed by atoms with van der Waals surface area (Å²) in [5.74, 6) is 0.838. The zero-order valence-corrected chi connectivity index (χ0v) is 16.8. The highest BCUT2D eigenvalue weighted by molar-refractivity contribution is 6.30. The topological polar surface area (TPSA) is 56.0 Å². The highest BCUT2D eigenvalue weighted by Gasteiger charge is 2.28. The fourth-order valence-corrected chi connectivity index (χ4v) is 4.84. The number of hydrogen-bond donors (Lipinski definition) is 0. The van der Waals surface area contributed by atoms with Crippen molar-refractivity contribution in [3.63, 3.8) is 0 Å². The molecule has 1 aliphatic carbocycles. The summed E-state index contributed by atoms with van der Waals surface area (Å²) in [5.41, 5.74) is 2.01.